The molecule has 1 unspecified atom stereocenters. The van der Waals surface area contributed by atoms with E-state index in [9.17, 15) is 4.79 Å². The van der Waals surface area contributed by atoms with Crippen molar-refractivity contribution in [1.82, 2.24) is 5.32 Å². The standard InChI is InChI=1S/C55H58N8O2/c1-5-63-50-28-16-14-25-43(50)54(2,3)51(63)35-30-38-19-11-15-26-44(38)56-36-17-7-10-29-52(64)65-37-55(4)57-48-27-18-24-42-47(33-34-49(58-55)53(42)48)62-61-46-32-31-45(40-22-12-13-23-41(40)46)60-59-39-20-8-6-9-21-39/h6,8-9,12-14,16,18,20-28,30-35,56-58H,5,7,10-11,15,17,19,29,36-37H2,1-4H3/b38-30+,51-35+,60-59?,62-61?. The fourth-order valence-electron chi connectivity index (χ4n) is 9.46. The second-order valence-electron chi connectivity index (χ2n) is 17.9. The van der Waals surface area contributed by atoms with E-state index in [1.807, 2.05) is 97.9 Å². The Labute approximate surface area is 382 Å². The molecule has 10 nitrogen and oxygen atoms in total. The van der Waals surface area contributed by atoms with Crippen molar-refractivity contribution >= 4 is 67.3 Å². The van der Waals surface area contributed by atoms with Crippen molar-refractivity contribution in [2.45, 2.75) is 83.7 Å². The molecule has 0 aromatic heterocycles. The lowest BCUT2D eigenvalue weighted by atomic mass is 9.83. The molecular weight excluding hydrogens is 805 g/mol. The molecule has 6 aromatic rings. The summed E-state index contributed by atoms with van der Waals surface area (Å²) >= 11 is 0. The maximum absolute atomic E-state index is 13.0. The normalized spacial score (nSPS) is 18.9. The number of esters is 1. The average molecular weight is 863 g/mol. The summed E-state index contributed by atoms with van der Waals surface area (Å²) in [6, 6.07) is 40.5. The number of azo groups is 2. The van der Waals surface area contributed by atoms with Crippen molar-refractivity contribution in [3.63, 3.8) is 0 Å². The third-order valence-electron chi connectivity index (χ3n) is 12.8. The molecule has 65 heavy (non-hydrogen) atoms. The van der Waals surface area contributed by atoms with Crippen LogP contribution in [0.25, 0.3) is 21.5 Å². The number of ether oxygens (including phenoxy) is 1. The van der Waals surface area contributed by atoms with E-state index < -0.39 is 5.66 Å². The van der Waals surface area contributed by atoms with Crippen LogP contribution >= 0.6 is 0 Å². The Balaban J connectivity index is 0.764. The zero-order chi connectivity index (χ0) is 44.8. The van der Waals surface area contributed by atoms with Gasteiger partial charge in [-0.25, -0.2) is 0 Å². The van der Waals surface area contributed by atoms with Crippen LogP contribution in [-0.4, -0.2) is 31.3 Å². The number of nitrogens with one attached hydrogen (secondary N) is 3. The number of anilines is 3. The summed E-state index contributed by atoms with van der Waals surface area (Å²) in [6.45, 7) is 10.9. The number of carbonyl (C=O) groups is 1. The molecule has 0 spiro atoms. The van der Waals surface area contributed by atoms with Gasteiger partial charge in [0.2, 0.25) is 0 Å². The van der Waals surface area contributed by atoms with Crippen LogP contribution in [0, 0.1) is 0 Å². The molecular formula is C55H58N8O2. The molecule has 0 fully saturated rings. The third-order valence-corrected chi connectivity index (χ3v) is 12.8. The zero-order valence-corrected chi connectivity index (χ0v) is 37.9. The Kier molecular flexibility index (Phi) is 12.6. The lowest BCUT2D eigenvalue weighted by Crippen LogP contribution is -2.49. The molecule has 0 saturated heterocycles. The Morgan fingerprint density at radius 1 is 0.723 bits per heavy atom. The van der Waals surface area contributed by atoms with Crippen LogP contribution in [0.1, 0.15) is 78.2 Å². The second-order valence-corrected chi connectivity index (χ2v) is 17.9. The van der Waals surface area contributed by atoms with Gasteiger partial charge in [0, 0.05) is 74.9 Å². The van der Waals surface area contributed by atoms with Gasteiger partial charge < -0.3 is 25.6 Å². The SMILES string of the molecule is CCN1/C(=C/C=C2\CCCC=C2NCCCCCC(=O)OCC2(C)Nc3cccc4c(N=Nc5ccc(N=Nc6ccccc6)c6ccccc56)ccc(c34)N2)C(C)(C)c2ccccc21. The first kappa shape index (κ1) is 43.2. The topological polar surface area (TPSA) is 115 Å². The van der Waals surface area contributed by atoms with Crippen molar-refractivity contribution in [2.75, 3.05) is 35.2 Å². The zero-order valence-electron chi connectivity index (χ0n) is 37.9. The first-order valence-corrected chi connectivity index (χ1v) is 23.1. The monoisotopic (exact) mass is 862 g/mol. The molecule has 10 heteroatoms. The number of hydrogen-bond acceptors (Lipinski definition) is 10. The smallest absolute Gasteiger partial charge is 0.305 e. The quantitative estimate of drug-likeness (QED) is 0.0538. The van der Waals surface area contributed by atoms with Crippen LogP contribution < -0.4 is 20.9 Å². The van der Waals surface area contributed by atoms with Gasteiger partial charge in [-0.05, 0) is 112 Å². The van der Waals surface area contributed by atoms with Gasteiger partial charge in [0.05, 0.1) is 22.7 Å². The Hall–Kier alpha value is -7.07. The van der Waals surface area contributed by atoms with Crippen molar-refractivity contribution in [3.8, 4) is 0 Å². The number of carbonyl (C=O) groups excluding carboxylic acids is 1. The number of unbranched alkanes of at least 4 members (excludes halogenated alkanes) is 2. The van der Waals surface area contributed by atoms with E-state index in [1.165, 1.54) is 34.6 Å². The van der Waals surface area contributed by atoms with Crippen molar-refractivity contribution in [1.29, 1.82) is 0 Å². The lowest BCUT2D eigenvalue weighted by Gasteiger charge is -2.38. The molecule has 0 bridgehead atoms. The maximum Gasteiger partial charge on any atom is 0.305 e. The summed E-state index contributed by atoms with van der Waals surface area (Å²) in [7, 11) is 0. The lowest BCUT2D eigenvalue weighted by molar-refractivity contribution is -0.144. The van der Waals surface area contributed by atoms with Crippen LogP contribution in [0.15, 0.2) is 177 Å². The Morgan fingerprint density at radius 2 is 1.38 bits per heavy atom. The van der Waals surface area contributed by atoms with Gasteiger partial charge >= 0.3 is 5.97 Å². The fourth-order valence-corrected chi connectivity index (χ4v) is 9.46. The highest BCUT2D eigenvalue weighted by molar-refractivity contribution is 6.10. The van der Waals surface area contributed by atoms with Gasteiger partial charge in [0.25, 0.3) is 0 Å². The van der Waals surface area contributed by atoms with Gasteiger partial charge in [-0.2, -0.15) is 5.11 Å². The Bertz CT molecular complexity index is 2860. The van der Waals surface area contributed by atoms with Crippen LogP contribution in [0.5, 0.6) is 0 Å². The molecule has 1 atom stereocenters. The Morgan fingerprint density at radius 3 is 2.15 bits per heavy atom. The molecule has 1 aliphatic carbocycles. The summed E-state index contributed by atoms with van der Waals surface area (Å²) in [5.41, 5.74) is 10.9. The molecule has 0 radical (unpaired) electrons. The minimum Gasteiger partial charge on any atom is -0.461 e. The predicted octanol–water partition coefficient (Wildman–Crippen LogP) is 14.8. The number of likely N-dealkylation sites (N-methyl/N-ethyl adjacent to an activating group) is 1. The molecule has 0 saturated carbocycles. The van der Waals surface area contributed by atoms with Gasteiger partial charge in [0.15, 0.2) is 0 Å². The fraction of sp³-hybridized carbons (Fsp3) is 0.291. The van der Waals surface area contributed by atoms with E-state index in [-0.39, 0.29) is 18.0 Å². The van der Waals surface area contributed by atoms with E-state index in [0.717, 1.165) is 101 Å². The van der Waals surface area contributed by atoms with E-state index >= 15 is 0 Å². The first-order chi connectivity index (χ1) is 31.7. The first-order valence-electron chi connectivity index (χ1n) is 23.1. The van der Waals surface area contributed by atoms with Crippen molar-refractivity contribution in [2.24, 2.45) is 20.5 Å². The number of hydrogen-bond donors (Lipinski definition) is 3. The van der Waals surface area contributed by atoms with Crippen LogP contribution in [0.2, 0.25) is 0 Å². The van der Waals surface area contributed by atoms with E-state index in [2.05, 4.69) is 100 Å². The minimum atomic E-state index is -0.691. The predicted molar refractivity (Wildman–Crippen MR) is 266 cm³/mol. The third kappa shape index (κ3) is 9.30. The van der Waals surface area contributed by atoms with Gasteiger partial charge in [0.1, 0.15) is 12.3 Å². The number of nitrogens with zero attached hydrogens (tertiary/aromatic N) is 5. The number of rotatable bonds is 15. The van der Waals surface area contributed by atoms with Crippen molar-refractivity contribution in [3.05, 3.63) is 162 Å². The summed E-state index contributed by atoms with van der Waals surface area (Å²) in [5, 5.41) is 33.2. The molecule has 9 rings (SSSR count). The number of benzene rings is 6. The van der Waals surface area contributed by atoms with Crippen LogP contribution in [-0.2, 0) is 14.9 Å². The molecule has 2 heterocycles. The van der Waals surface area contributed by atoms with Gasteiger partial charge in [-0.15, -0.1) is 15.3 Å². The van der Waals surface area contributed by atoms with Crippen LogP contribution in [0.4, 0.5) is 39.8 Å². The molecule has 0 amide bonds. The van der Waals surface area contributed by atoms with Gasteiger partial charge in [-0.1, -0.05) is 105 Å². The summed E-state index contributed by atoms with van der Waals surface area (Å²) < 4.78 is 5.87. The van der Waals surface area contributed by atoms with E-state index in [0.29, 0.717) is 6.42 Å². The summed E-state index contributed by atoms with van der Waals surface area (Å²) in [4.78, 5) is 15.5. The molecule has 3 aliphatic rings. The van der Waals surface area contributed by atoms with Gasteiger partial charge in [-0.3, -0.25) is 4.79 Å². The van der Waals surface area contributed by atoms with Crippen LogP contribution in [0.3, 0.4) is 0 Å². The molecule has 3 N–H and O–H groups in total. The molecule has 330 valence electrons. The molecule has 2 aliphatic heterocycles. The highest BCUT2D eigenvalue weighted by Crippen LogP contribution is 2.48. The van der Waals surface area contributed by atoms with Crippen molar-refractivity contribution < 1.29 is 9.53 Å². The van der Waals surface area contributed by atoms with E-state index in [4.69, 9.17) is 15.0 Å². The highest BCUT2D eigenvalue weighted by atomic mass is 16.5. The molecule has 6 aromatic carbocycles. The number of para-hydroxylation sites is 1. The summed E-state index contributed by atoms with van der Waals surface area (Å²) in [5.74, 6) is -0.186. The maximum atomic E-state index is 13.0. The highest BCUT2D eigenvalue weighted by Gasteiger charge is 2.39. The average Bonchev–Trinajstić information content (AvgIpc) is 3.55. The second kappa shape index (κ2) is 19.0. The van der Waals surface area contributed by atoms with E-state index in [1.54, 1.807) is 0 Å². The number of fused-ring (bicyclic) bond motifs is 2. The largest absolute Gasteiger partial charge is 0.461 e. The number of allylic oxidation sites excluding steroid dienone is 5. The summed E-state index contributed by atoms with van der Waals surface area (Å²) in [6.07, 6.45) is 13.5. The minimum absolute atomic E-state index is 0.0396.